The molecule has 2 aromatic carbocycles. The van der Waals surface area contributed by atoms with Crippen molar-refractivity contribution in [3.05, 3.63) is 69.8 Å². The molecule has 0 aliphatic rings. The molecule has 128 valence electrons. The number of hydrogen-bond donors (Lipinski definition) is 2. The second kappa shape index (κ2) is 7.97. The average Bonchev–Trinajstić information content (AvgIpc) is 2.61. The summed E-state index contributed by atoms with van der Waals surface area (Å²) in [6.45, 7) is 0. The highest BCUT2D eigenvalue weighted by atomic mass is 32.1. The van der Waals surface area contributed by atoms with Gasteiger partial charge in [-0.2, -0.15) is 0 Å². The van der Waals surface area contributed by atoms with Gasteiger partial charge in [0.05, 0.1) is 23.3 Å². The third-order valence-electron chi connectivity index (χ3n) is 3.13. The second-order valence-electron chi connectivity index (χ2n) is 4.75. The molecule has 2 rings (SSSR count). The van der Waals surface area contributed by atoms with Gasteiger partial charge in [-0.3, -0.25) is 20.2 Å². The van der Waals surface area contributed by atoms with E-state index in [4.69, 9.17) is 12.2 Å². The van der Waals surface area contributed by atoms with Crippen molar-refractivity contribution in [1.82, 2.24) is 5.32 Å². The highest BCUT2D eigenvalue weighted by Gasteiger charge is 2.15. The Hall–Kier alpha value is -3.33. The monoisotopic (exact) mass is 359 g/mol. The molecule has 0 radical (unpaired) electrons. The van der Waals surface area contributed by atoms with Gasteiger partial charge in [-0.25, -0.2) is 4.79 Å². The molecular formula is C16H13N3O5S. The molecule has 0 saturated heterocycles. The molecule has 0 aromatic heterocycles. The summed E-state index contributed by atoms with van der Waals surface area (Å²) in [7, 11) is 1.25. The van der Waals surface area contributed by atoms with Crippen LogP contribution in [0.2, 0.25) is 0 Å². The number of benzene rings is 2. The van der Waals surface area contributed by atoms with E-state index >= 15 is 0 Å². The van der Waals surface area contributed by atoms with E-state index in [9.17, 15) is 19.7 Å². The summed E-state index contributed by atoms with van der Waals surface area (Å²) in [6, 6.07) is 11.7. The summed E-state index contributed by atoms with van der Waals surface area (Å²) in [5.74, 6) is -1.17. The van der Waals surface area contributed by atoms with Crippen molar-refractivity contribution in [3.63, 3.8) is 0 Å². The first-order valence-electron chi connectivity index (χ1n) is 6.96. The highest BCUT2D eigenvalue weighted by Crippen LogP contribution is 2.16. The first-order chi connectivity index (χ1) is 11.9. The van der Waals surface area contributed by atoms with Crippen molar-refractivity contribution in [2.45, 2.75) is 0 Å². The number of nitro groups is 1. The van der Waals surface area contributed by atoms with Gasteiger partial charge in [-0.1, -0.05) is 18.2 Å². The number of esters is 1. The Balaban J connectivity index is 2.11. The van der Waals surface area contributed by atoms with Crippen molar-refractivity contribution in [2.75, 3.05) is 12.4 Å². The van der Waals surface area contributed by atoms with Crippen molar-refractivity contribution in [3.8, 4) is 0 Å². The summed E-state index contributed by atoms with van der Waals surface area (Å²) in [5, 5.41) is 15.8. The lowest BCUT2D eigenvalue weighted by molar-refractivity contribution is -0.384. The Kier molecular flexibility index (Phi) is 5.75. The van der Waals surface area contributed by atoms with Gasteiger partial charge in [0.15, 0.2) is 5.11 Å². The number of non-ortho nitro benzene ring substituents is 1. The van der Waals surface area contributed by atoms with E-state index in [1.165, 1.54) is 25.3 Å². The first kappa shape index (κ1) is 18.0. The highest BCUT2D eigenvalue weighted by molar-refractivity contribution is 7.80. The number of nitrogens with one attached hydrogen (secondary N) is 2. The summed E-state index contributed by atoms with van der Waals surface area (Å²) in [6.07, 6.45) is 0. The minimum Gasteiger partial charge on any atom is -0.465 e. The number of nitrogens with zero attached hydrogens (tertiary/aromatic N) is 1. The van der Waals surface area contributed by atoms with Gasteiger partial charge in [0, 0.05) is 17.7 Å². The predicted molar refractivity (Wildman–Crippen MR) is 94.6 cm³/mol. The molecule has 0 aliphatic carbocycles. The topological polar surface area (TPSA) is 111 Å². The van der Waals surface area contributed by atoms with Crippen molar-refractivity contribution in [2.24, 2.45) is 0 Å². The third-order valence-corrected chi connectivity index (χ3v) is 3.33. The standard InChI is InChI=1S/C16H13N3O5S/c1-24-15(21)12-7-2-3-8-13(12)17-16(25)18-14(20)10-5-4-6-11(9-10)19(22)23/h2-9H,1H3,(H2,17,18,20,25). The molecule has 2 aromatic rings. The number of ether oxygens (including phenoxy) is 1. The van der Waals surface area contributed by atoms with Crippen molar-refractivity contribution in [1.29, 1.82) is 0 Å². The van der Waals surface area contributed by atoms with E-state index in [1.807, 2.05) is 0 Å². The van der Waals surface area contributed by atoms with E-state index in [1.54, 1.807) is 24.3 Å². The summed E-state index contributed by atoms with van der Waals surface area (Å²) in [5.41, 5.74) is 0.484. The Labute approximate surface area is 147 Å². The zero-order chi connectivity index (χ0) is 18.4. The van der Waals surface area contributed by atoms with Crippen LogP contribution in [-0.4, -0.2) is 29.0 Å². The number of thiocarbonyl (C=S) groups is 1. The number of nitro benzene ring substituents is 1. The fourth-order valence-electron chi connectivity index (χ4n) is 1.97. The molecule has 0 fully saturated rings. The van der Waals surface area contributed by atoms with Crippen LogP contribution in [0.15, 0.2) is 48.5 Å². The molecule has 0 saturated carbocycles. The van der Waals surface area contributed by atoms with E-state index < -0.39 is 16.8 Å². The summed E-state index contributed by atoms with van der Waals surface area (Å²) >= 11 is 5.05. The predicted octanol–water partition coefficient (Wildman–Crippen LogP) is 2.51. The maximum Gasteiger partial charge on any atom is 0.339 e. The van der Waals surface area contributed by atoms with E-state index in [-0.39, 0.29) is 21.9 Å². The minimum absolute atomic E-state index is 0.0622. The average molecular weight is 359 g/mol. The van der Waals surface area contributed by atoms with Crippen LogP contribution in [0.3, 0.4) is 0 Å². The van der Waals surface area contributed by atoms with Gasteiger partial charge in [-0.15, -0.1) is 0 Å². The van der Waals surface area contributed by atoms with Crippen LogP contribution in [0.4, 0.5) is 11.4 Å². The third kappa shape index (κ3) is 4.58. The number of methoxy groups -OCH3 is 1. The van der Waals surface area contributed by atoms with Crippen LogP contribution in [-0.2, 0) is 4.74 Å². The number of hydrogen-bond acceptors (Lipinski definition) is 6. The number of carbonyl (C=O) groups excluding carboxylic acids is 2. The Morgan fingerprint density at radius 2 is 1.88 bits per heavy atom. The summed E-state index contributed by atoms with van der Waals surface area (Å²) < 4.78 is 4.67. The number of amides is 1. The van der Waals surface area contributed by atoms with Crippen molar-refractivity contribution < 1.29 is 19.2 Å². The fraction of sp³-hybridized carbons (Fsp3) is 0.0625. The molecule has 8 nitrogen and oxygen atoms in total. The lowest BCUT2D eigenvalue weighted by atomic mass is 10.2. The zero-order valence-electron chi connectivity index (χ0n) is 13.0. The van der Waals surface area contributed by atoms with E-state index in [0.717, 1.165) is 6.07 Å². The Bertz CT molecular complexity index is 853. The maximum absolute atomic E-state index is 12.1. The van der Waals surface area contributed by atoms with Gasteiger partial charge < -0.3 is 10.1 Å². The first-order valence-corrected chi connectivity index (χ1v) is 7.37. The Morgan fingerprint density at radius 1 is 1.16 bits per heavy atom. The van der Waals surface area contributed by atoms with Crippen LogP contribution in [0, 0.1) is 10.1 Å². The number of anilines is 1. The molecule has 0 atom stereocenters. The van der Waals surface area contributed by atoms with Crippen LogP contribution in [0.1, 0.15) is 20.7 Å². The lowest BCUT2D eigenvalue weighted by Gasteiger charge is -2.12. The molecule has 0 heterocycles. The molecule has 0 unspecified atom stereocenters. The molecule has 0 aliphatic heterocycles. The number of carbonyl (C=O) groups is 2. The molecule has 25 heavy (non-hydrogen) atoms. The van der Waals surface area contributed by atoms with Crippen molar-refractivity contribution >= 4 is 40.6 Å². The SMILES string of the molecule is COC(=O)c1ccccc1NC(=S)NC(=O)c1cccc([N+](=O)[O-])c1. The number of rotatable bonds is 4. The fourth-order valence-corrected chi connectivity index (χ4v) is 2.17. The molecular weight excluding hydrogens is 346 g/mol. The van der Waals surface area contributed by atoms with Crippen LogP contribution < -0.4 is 10.6 Å². The van der Waals surface area contributed by atoms with E-state index in [2.05, 4.69) is 15.4 Å². The van der Waals surface area contributed by atoms with Crippen LogP contribution in [0.25, 0.3) is 0 Å². The van der Waals surface area contributed by atoms with E-state index in [0.29, 0.717) is 5.69 Å². The van der Waals surface area contributed by atoms with Crippen LogP contribution >= 0.6 is 12.2 Å². The normalized spacial score (nSPS) is 9.80. The van der Waals surface area contributed by atoms with Gasteiger partial charge >= 0.3 is 5.97 Å². The van der Waals surface area contributed by atoms with Gasteiger partial charge in [0.25, 0.3) is 11.6 Å². The lowest BCUT2D eigenvalue weighted by Crippen LogP contribution is -2.34. The molecule has 1 amide bonds. The molecule has 9 heteroatoms. The molecule has 0 spiro atoms. The quantitative estimate of drug-likeness (QED) is 0.373. The van der Waals surface area contributed by atoms with Crippen LogP contribution in [0.5, 0.6) is 0 Å². The molecule has 0 bridgehead atoms. The zero-order valence-corrected chi connectivity index (χ0v) is 13.8. The smallest absolute Gasteiger partial charge is 0.339 e. The van der Waals surface area contributed by atoms with Gasteiger partial charge in [0.2, 0.25) is 0 Å². The largest absolute Gasteiger partial charge is 0.465 e. The Morgan fingerprint density at radius 3 is 2.56 bits per heavy atom. The number of para-hydroxylation sites is 1. The summed E-state index contributed by atoms with van der Waals surface area (Å²) in [4.78, 5) is 34.0. The second-order valence-corrected chi connectivity index (χ2v) is 5.16. The minimum atomic E-state index is -0.614. The molecule has 2 N–H and O–H groups in total. The van der Waals surface area contributed by atoms with Gasteiger partial charge in [-0.05, 0) is 30.4 Å². The van der Waals surface area contributed by atoms with Gasteiger partial charge in [0.1, 0.15) is 0 Å². The maximum atomic E-state index is 12.1.